The first-order valence-electron chi connectivity index (χ1n) is 5.78. The molecule has 0 saturated heterocycles. The normalized spacial score (nSPS) is 10.8. The maximum absolute atomic E-state index is 6.04. The first-order valence-corrected chi connectivity index (χ1v) is 5.78. The molecule has 84 valence electrons. The van der Waals surface area contributed by atoms with E-state index in [4.69, 9.17) is 11.5 Å². The lowest BCUT2D eigenvalue weighted by molar-refractivity contribution is 0.796. The number of fused-ring (bicyclic) bond motifs is 1. The largest absolute Gasteiger partial charge is 0.399 e. The molecule has 0 radical (unpaired) electrons. The van der Waals surface area contributed by atoms with Gasteiger partial charge in [0.1, 0.15) is 0 Å². The van der Waals surface area contributed by atoms with Crippen molar-refractivity contribution in [1.82, 2.24) is 0 Å². The van der Waals surface area contributed by atoms with Gasteiger partial charge in [-0.2, -0.15) is 0 Å². The van der Waals surface area contributed by atoms with Crippen molar-refractivity contribution in [2.45, 2.75) is 26.2 Å². The monoisotopic (exact) mass is 214 g/mol. The van der Waals surface area contributed by atoms with Gasteiger partial charge in [0.25, 0.3) is 0 Å². The third-order valence-electron chi connectivity index (χ3n) is 2.89. The number of rotatable bonds is 3. The Hall–Kier alpha value is -1.70. The fourth-order valence-corrected chi connectivity index (χ4v) is 2.01. The Morgan fingerprint density at radius 3 is 2.62 bits per heavy atom. The number of benzene rings is 2. The molecule has 0 bridgehead atoms. The van der Waals surface area contributed by atoms with Crippen LogP contribution in [0.1, 0.15) is 25.3 Å². The van der Waals surface area contributed by atoms with Crippen molar-refractivity contribution in [3.63, 3.8) is 0 Å². The highest BCUT2D eigenvalue weighted by atomic mass is 14.6. The lowest BCUT2D eigenvalue weighted by Crippen LogP contribution is -1.93. The van der Waals surface area contributed by atoms with Crippen molar-refractivity contribution in [1.29, 1.82) is 0 Å². The quantitative estimate of drug-likeness (QED) is 0.770. The van der Waals surface area contributed by atoms with Crippen LogP contribution in [0.3, 0.4) is 0 Å². The van der Waals surface area contributed by atoms with Gasteiger partial charge in [0.2, 0.25) is 0 Å². The minimum atomic E-state index is 0.791. The van der Waals surface area contributed by atoms with E-state index < -0.39 is 0 Å². The Bertz CT molecular complexity index is 503. The minimum absolute atomic E-state index is 0.791. The number of hydrogen-bond donors (Lipinski definition) is 2. The number of nitrogens with two attached hydrogens (primary N) is 2. The molecule has 0 atom stereocenters. The van der Waals surface area contributed by atoms with Gasteiger partial charge in [-0.05, 0) is 42.0 Å². The Morgan fingerprint density at radius 1 is 1.06 bits per heavy atom. The summed E-state index contributed by atoms with van der Waals surface area (Å²) >= 11 is 0. The summed E-state index contributed by atoms with van der Waals surface area (Å²) in [5, 5.41) is 2.24. The average Bonchev–Trinajstić information content (AvgIpc) is 2.25. The van der Waals surface area contributed by atoms with Crippen LogP contribution in [0.4, 0.5) is 11.4 Å². The Balaban J connectivity index is 2.47. The van der Waals surface area contributed by atoms with Crippen LogP contribution in [0, 0.1) is 0 Å². The van der Waals surface area contributed by atoms with E-state index in [2.05, 4.69) is 19.1 Å². The zero-order valence-corrected chi connectivity index (χ0v) is 9.66. The second-order valence-corrected chi connectivity index (χ2v) is 4.27. The predicted octanol–water partition coefficient (Wildman–Crippen LogP) is 3.35. The molecule has 2 aromatic carbocycles. The molecule has 16 heavy (non-hydrogen) atoms. The topological polar surface area (TPSA) is 52.0 Å². The summed E-state index contributed by atoms with van der Waals surface area (Å²) in [5.41, 5.74) is 14.8. The van der Waals surface area contributed by atoms with E-state index >= 15 is 0 Å². The molecule has 0 aliphatic heterocycles. The van der Waals surface area contributed by atoms with Gasteiger partial charge < -0.3 is 11.5 Å². The Morgan fingerprint density at radius 2 is 1.88 bits per heavy atom. The van der Waals surface area contributed by atoms with E-state index in [0.717, 1.165) is 28.6 Å². The fraction of sp³-hybridized carbons (Fsp3) is 0.286. The van der Waals surface area contributed by atoms with E-state index in [1.54, 1.807) is 0 Å². The van der Waals surface area contributed by atoms with E-state index in [0.29, 0.717) is 0 Å². The maximum Gasteiger partial charge on any atom is 0.0396 e. The van der Waals surface area contributed by atoms with E-state index in [1.807, 2.05) is 18.2 Å². The van der Waals surface area contributed by atoms with Crippen molar-refractivity contribution < 1.29 is 0 Å². The molecule has 0 aliphatic carbocycles. The van der Waals surface area contributed by atoms with Gasteiger partial charge in [-0.3, -0.25) is 0 Å². The van der Waals surface area contributed by atoms with Gasteiger partial charge in [-0.15, -0.1) is 0 Å². The molecule has 0 spiro atoms. The van der Waals surface area contributed by atoms with E-state index in [1.165, 1.54) is 18.4 Å². The van der Waals surface area contributed by atoms with E-state index in [-0.39, 0.29) is 0 Å². The lowest BCUT2D eigenvalue weighted by Gasteiger charge is -2.07. The second kappa shape index (κ2) is 4.44. The van der Waals surface area contributed by atoms with Crippen LogP contribution in [-0.2, 0) is 6.42 Å². The van der Waals surface area contributed by atoms with Crippen LogP contribution in [0.15, 0.2) is 30.3 Å². The molecule has 2 heteroatoms. The summed E-state index contributed by atoms with van der Waals surface area (Å²) in [6.07, 6.45) is 3.49. The summed E-state index contributed by atoms with van der Waals surface area (Å²) in [4.78, 5) is 0. The minimum Gasteiger partial charge on any atom is -0.399 e. The SMILES string of the molecule is CCCCc1cc(N)c2ccc(N)cc2c1. The molecule has 0 unspecified atom stereocenters. The van der Waals surface area contributed by atoms with Crippen molar-refractivity contribution in [2.75, 3.05) is 11.5 Å². The third-order valence-corrected chi connectivity index (χ3v) is 2.89. The molecule has 0 aromatic heterocycles. The first-order chi connectivity index (χ1) is 7.70. The lowest BCUT2D eigenvalue weighted by atomic mass is 10.0. The van der Waals surface area contributed by atoms with Gasteiger partial charge in [0.15, 0.2) is 0 Å². The first kappa shape index (κ1) is 10.8. The van der Waals surface area contributed by atoms with Crippen LogP contribution in [0.2, 0.25) is 0 Å². The zero-order valence-electron chi connectivity index (χ0n) is 9.66. The van der Waals surface area contributed by atoms with Crippen molar-refractivity contribution >= 4 is 22.1 Å². The summed E-state index contributed by atoms with van der Waals surface area (Å²) in [6, 6.07) is 10.1. The number of nitrogen functional groups attached to an aromatic ring is 2. The van der Waals surface area contributed by atoms with Gasteiger partial charge in [-0.25, -0.2) is 0 Å². The van der Waals surface area contributed by atoms with Crippen molar-refractivity contribution in [3.05, 3.63) is 35.9 Å². The van der Waals surface area contributed by atoms with Crippen LogP contribution >= 0.6 is 0 Å². The molecular formula is C14H18N2. The molecule has 0 saturated carbocycles. The molecule has 2 nitrogen and oxygen atoms in total. The summed E-state index contributed by atoms with van der Waals surface area (Å²) < 4.78 is 0. The third kappa shape index (κ3) is 2.11. The standard InChI is InChI=1S/C14H18N2/c1-2-3-4-10-7-11-9-12(15)5-6-13(11)14(16)8-10/h5-9H,2-4,15-16H2,1H3. The summed E-state index contributed by atoms with van der Waals surface area (Å²) in [7, 11) is 0. The van der Waals surface area contributed by atoms with Gasteiger partial charge in [0, 0.05) is 16.8 Å². The molecule has 4 N–H and O–H groups in total. The van der Waals surface area contributed by atoms with Crippen LogP contribution in [0.25, 0.3) is 10.8 Å². The fourth-order valence-electron chi connectivity index (χ4n) is 2.01. The number of hydrogen-bond acceptors (Lipinski definition) is 2. The Kier molecular flexibility index (Phi) is 3.00. The summed E-state index contributed by atoms with van der Waals surface area (Å²) in [5.74, 6) is 0. The highest BCUT2D eigenvalue weighted by Crippen LogP contribution is 2.25. The second-order valence-electron chi connectivity index (χ2n) is 4.27. The van der Waals surface area contributed by atoms with Crippen molar-refractivity contribution in [2.24, 2.45) is 0 Å². The smallest absolute Gasteiger partial charge is 0.0396 e. The van der Waals surface area contributed by atoms with Crippen LogP contribution < -0.4 is 11.5 Å². The molecular weight excluding hydrogens is 196 g/mol. The van der Waals surface area contributed by atoms with Crippen LogP contribution in [-0.4, -0.2) is 0 Å². The molecule has 0 heterocycles. The molecule has 0 aliphatic rings. The molecule has 2 aromatic rings. The number of aryl methyl sites for hydroxylation is 1. The number of unbranched alkanes of at least 4 members (excludes halogenated alkanes) is 1. The van der Waals surface area contributed by atoms with Crippen LogP contribution in [0.5, 0.6) is 0 Å². The Labute approximate surface area is 96.3 Å². The van der Waals surface area contributed by atoms with Gasteiger partial charge >= 0.3 is 0 Å². The zero-order chi connectivity index (χ0) is 11.5. The van der Waals surface area contributed by atoms with Crippen molar-refractivity contribution in [3.8, 4) is 0 Å². The summed E-state index contributed by atoms with van der Waals surface area (Å²) in [6.45, 7) is 2.20. The predicted molar refractivity (Wildman–Crippen MR) is 71.4 cm³/mol. The van der Waals surface area contributed by atoms with Gasteiger partial charge in [0.05, 0.1) is 0 Å². The highest BCUT2D eigenvalue weighted by molar-refractivity contribution is 5.95. The molecule has 0 amide bonds. The van der Waals surface area contributed by atoms with Gasteiger partial charge in [-0.1, -0.05) is 25.5 Å². The van der Waals surface area contributed by atoms with E-state index in [9.17, 15) is 0 Å². The highest BCUT2D eigenvalue weighted by Gasteiger charge is 2.02. The molecule has 2 rings (SSSR count). The molecule has 0 fully saturated rings. The maximum atomic E-state index is 6.04. The average molecular weight is 214 g/mol. The number of anilines is 2.